The number of benzene rings is 3. The molecule has 0 atom stereocenters. The molecule has 1 heterocycles. The Morgan fingerprint density at radius 1 is 1.07 bits per heavy atom. The Balaban J connectivity index is 1.41. The lowest BCUT2D eigenvalue weighted by molar-refractivity contribution is 0.149. The summed E-state index contributed by atoms with van der Waals surface area (Å²) in [6.07, 6.45) is 2.19. The van der Waals surface area contributed by atoms with Crippen LogP contribution in [0.3, 0.4) is 0 Å². The van der Waals surface area contributed by atoms with Gasteiger partial charge in [-0.25, -0.2) is 32.1 Å². The summed E-state index contributed by atoms with van der Waals surface area (Å²) in [5, 5.41) is 5.56. The zero-order valence-electron chi connectivity index (χ0n) is 24.9. The van der Waals surface area contributed by atoms with Crippen LogP contribution in [0.1, 0.15) is 44.5 Å². The van der Waals surface area contributed by atoms with Crippen LogP contribution in [0.15, 0.2) is 70.4 Å². The fourth-order valence-electron chi connectivity index (χ4n) is 4.99. The third kappa shape index (κ3) is 7.48. The average Bonchev–Trinajstić information content (AvgIpc) is 3.84. The van der Waals surface area contributed by atoms with E-state index in [1.54, 1.807) is 31.2 Å². The zero-order valence-corrected chi connectivity index (χ0v) is 25.7. The van der Waals surface area contributed by atoms with Crippen LogP contribution in [-0.2, 0) is 27.7 Å². The molecule has 3 aromatic carbocycles. The largest absolute Gasteiger partial charge is 0.449 e. The fraction of sp³-hybridized carbons (Fsp3) is 0.312. The molecule has 0 radical (unpaired) electrons. The van der Waals surface area contributed by atoms with E-state index in [0.717, 1.165) is 12.8 Å². The Morgan fingerprint density at radius 2 is 1.84 bits per heavy atom. The van der Waals surface area contributed by atoms with Crippen LogP contribution >= 0.6 is 0 Å². The number of hydrogen-bond acceptors (Lipinski definition) is 7. The lowest BCUT2D eigenvalue weighted by Crippen LogP contribution is -2.31. The van der Waals surface area contributed by atoms with E-state index in [2.05, 4.69) is 15.6 Å². The normalized spacial score (nSPS) is 13.0. The monoisotopic (exact) mass is 635 g/mol. The standard InChI is InChI=1S/C32H34FN5O6S/c1-3-29-36-27-14-13-23(35-31(40)34-4-2)18-25(27)30(39)38(29)19-22-12-11-21(17-26(22)33)24-7-5-6-8-28(24)45(42,43)37-32(41)44-16-15-20-9-10-20/h5-8,11-14,17-18,20H,3-4,9-10,15-16,19H2,1-2H3,(H,37,41)(H2,34,35,40). The Kier molecular flexibility index (Phi) is 9.47. The van der Waals surface area contributed by atoms with E-state index in [4.69, 9.17) is 4.74 Å². The van der Waals surface area contributed by atoms with Crippen LogP contribution in [0.2, 0.25) is 0 Å². The highest BCUT2D eigenvalue weighted by Gasteiger charge is 2.25. The molecule has 11 nitrogen and oxygen atoms in total. The molecular weight excluding hydrogens is 601 g/mol. The average molecular weight is 636 g/mol. The van der Waals surface area contributed by atoms with Gasteiger partial charge in [-0.15, -0.1) is 0 Å². The molecule has 1 aliphatic rings. The number of halogens is 1. The molecule has 1 fully saturated rings. The summed E-state index contributed by atoms with van der Waals surface area (Å²) in [6.45, 7) is 4.06. The molecule has 1 aliphatic carbocycles. The van der Waals surface area contributed by atoms with E-state index < -0.39 is 33.5 Å². The van der Waals surface area contributed by atoms with Gasteiger partial charge in [0.2, 0.25) is 0 Å². The second-order valence-corrected chi connectivity index (χ2v) is 12.4. The van der Waals surface area contributed by atoms with Crippen molar-refractivity contribution in [2.24, 2.45) is 5.92 Å². The summed E-state index contributed by atoms with van der Waals surface area (Å²) in [5.41, 5.74) is 1.10. The molecule has 0 aliphatic heterocycles. The lowest BCUT2D eigenvalue weighted by atomic mass is 10.0. The van der Waals surface area contributed by atoms with E-state index >= 15 is 4.39 Å². The highest BCUT2D eigenvalue weighted by atomic mass is 32.2. The van der Waals surface area contributed by atoms with E-state index in [1.807, 2.05) is 11.6 Å². The van der Waals surface area contributed by atoms with Gasteiger partial charge in [-0.1, -0.05) is 50.1 Å². The number of ether oxygens (including phenoxy) is 1. The summed E-state index contributed by atoms with van der Waals surface area (Å²) in [4.78, 5) is 42.1. The van der Waals surface area contributed by atoms with Crippen LogP contribution in [0.4, 0.5) is 19.7 Å². The second kappa shape index (κ2) is 13.5. The molecule has 13 heteroatoms. The molecule has 1 saturated carbocycles. The summed E-state index contributed by atoms with van der Waals surface area (Å²) in [7, 11) is -4.33. The summed E-state index contributed by atoms with van der Waals surface area (Å²) >= 11 is 0. The molecule has 0 unspecified atom stereocenters. The number of nitrogens with zero attached hydrogens (tertiary/aromatic N) is 2. The number of rotatable bonds is 11. The Labute approximate surface area is 259 Å². The van der Waals surface area contributed by atoms with Gasteiger partial charge in [0.1, 0.15) is 11.6 Å². The van der Waals surface area contributed by atoms with Gasteiger partial charge in [0.15, 0.2) is 0 Å². The van der Waals surface area contributed by atoms with Crippen molar-refractivity contribution in [1.29, 1.82) is 0 Å². The zero-order chi connectivity index (χ0) is 32.1. The highest BCUT2D eigenvalue weighted by molar-refractivity contribution is 7.90. The van der Waals surface area contributed by atoms with Crippen molar-refractivity contribution in [1.82, 2.24) is 19.6 Å². The number of carbonyl (C=O) groups excluding carboxylic acids is 2. The Morgan fingerprint density at radius 3 is 2.56 bits per heavy atom. The molecule has 236 valence electrons. The van der Waals surface area contributed by atoms with Crippen LogP contribution in [-0.4, -0.2) is 43.2 Å². The van der Waals surface area contributed by atoms with Gasteiger partial charge in [-0.3, -0.25) is 9.36 Å². The summed E-state index contributed by atoms with van der Waals surface area (Å²) in [6, 6.07) is 14.6. The quantitative estimate of drug-likeness (QED) is 0.206. The molecule has 3 amide bonds. The van der Waals surface area contributed by atoms with Crippen molar-refractivity contribution in [2.45, 2.75) is 51.0 Å². The minimum absolute atomic E-state index is 0.126. The maximum atomic E-state index is 15.6. The third-order valence-corrected chi connectivity index (χ3v) is 8.86. The maximum Gasteiger partial charge on any atom is 0.421 e. The number of hydrogen-bond donors (Lipinski definition) is 3. The van der Waals surface area contributed by atoms with Crippen LogP contribution in [0.5, 0.6) is 0 Å². The molecule has 3 N–H and O–H groups in total. The molecule has 45 heavy (non-hydrogen) atoms. The van der Waals surface area contributed by atoms with Gasteiger partial charge in [-0.2, -0.15) is 0 Å². The number of amides is 3. The summed E-state index contributed by atoms with van der Waals surface area (Å²) in [5.74, 6) is 0.313. The fourth-order valence-corrected chi connectivity index (χ4v) is 6.11. The predicted molar refractivity (Wildman–Crippen MR) is 168 cm³/mol. The van der Waals surface area contributed by atoms with Gasteiger partial charge >= 0.3 is 12.1 Å². The van der Waals surface area contributed by atoms with Crippen molar-refractivity contribution in [3.8, 4) is 11.1 Å². The summed E-state index contributed by atoms with van der Waals surface area (Å²) < 4.78 is 50.1. The Hall–Kier alpha value is -4.78. The predicted octanol–water partition coefficient (Wildman–Crippen LogP) is 5.17. The first-order valence-corrected chi connectivity index (χ1v) is 16.2. The topological polar surface area (TPSA) is 148 Å². The van der Waals surface area contributed by atoms with E-state index in [1.165, 1.54) is 41.0 Å². The highest BCUT2D eigenvalue weighted by Crippen LogP contribution is 2.32. The van der Waals surface area contributed by atoms with Crippen LogP contribution in [0, 0.1) is 11.7 Å². The van der Waals surface area contributed by atoms with E-state index in [-0.39, 0.29) is 40.1 Å². The first-order valence-electron chi connectivity index (χ1n) is 14.7. The first-order chi connectivity index (χ1) is 21.6. The van der Waals surface area contributed by atoms with Gasteiger partial charge in [-0.05, 0) is 55.2 Å². The first kappa shape index (κ1) is 31.6. The minimum Gasteiger partial charge on any atom is -0.449 e. The Bertz CT molecular complexity index is 1920. The van der Waals surface area contributed by atoms with Gasteiger partial charge in [0.05, 0.1) is 29.0 Å². The number of nitrogens with one attached hydrogen (secondary N) is 3. The van der Waals surface area contributed by atoms with E-state index in [0.29, 0.717) is 42.3 Å². The van der Waals surface area contributed by atoms with Gasteiger partial charge in [0.25, 0.3) is 15.6 Å². The number of carbonyl (C=O) groups is 2. The number of aromatic nitrogens is 2. The number of aryl methyl sites for hydroxylation is 1. The molecule has 4 aromatic rings. The SMILES string of the molecule is CCNC(=O)Nc1ccc2nc(CC)n(Cc3ccc(-c4ccccc4S(=O)(=O)NC(=O)OCCC4CC4)cc3F)c(=O)c2c1. The molecule has 5 rings (SSSR count). The van der Waals surface area contributed by atoms with Crippen molar-refractivity contribution >= 4 is 38.7 Å². The van der Waals surface area contributed by atoms with Crippen LogP contribution in [0.25, 0.3) is 22.0 Å². The van der Waals surface area contributed by atoms with Crippen molar-refractivity contribution < 1.29 is 27.1 Å². The number of fused-ring (bicyclic) bond motifs is 1. The van der Waals surface area contributed by atoms with Crippen LogP contribution < -0.4 is 20.9 Å². The number of anilines is 1. The molecule has 0 saturated heterocycles. The van der Waals surface area contributed by atoms with E-state index in [9.17, 15) is 22.8 Å². The molecular formula is C32H34FN5O6S. The molecule has 0 spiro atoms. The van der Waals surface area contributed by atoms with Crippen molar-refractivity contribution in [2.75, 3.05) is 18.5 Å². The minimum atomic E-state index is -4.33. The third-order valence-electron chi connectivity index (χ3n) is 7.49. The smallest absolute Gasteiger partial charge is 0.421 e. The molecule has 1 aromatic heterocycles. The van der Waals surface area contributed by atoms with Gasteiger partial charge in [0, 0.05) is 29.8 Å². The number of urea groups is 1. The van der Waals surface area contributed by atoms with Crippen molar-refractivity contribution in [3.63, 3.8) is 0 Å². The van der Waals surface area contributed by atoms with Gasteiger partial charge < -0.3 is 15.4 Å². The second-order valence-electron chi connectivity index (χ2n) is 10.8. The van der Waals surface area contributed by atoms with Crippen molar-refractivity contribution in [3.05, 3.63) is 88.2 Å². The lowest BCUT2D eigenvalue weighted by Gasteiger charge is -2.15. The maximum absolute atomic E-state index is 15.6. The molecule has 0 bridgehead atoms. The number of sulfonamides is 1.